The maximum atomic E-state index is 12.3. The lowest BCUT2D eigenvalue weighted by Crippen LogP contribution is -2.14. The van der Waals surface area contributed by atoms with Crippen LogP contribution in [0, 0.1) is 13.8 Å². The first-order valence-corrected chi connectivity index (χ1v) is 7.17. The molecule has 2 aromatic rings. The standard InChI is InChI=1S/C13H15N3O2S/c1-9-5-11(14)7-12(6-9)19(17,18)16-13-8-15-4-3-10(13)2/h3-8,16H,14H2,1-2H3. The first kappa shape index (κ1) is 13.4. The normalized spacial score (nSPS) is 11.3. The van der Waals surface area contributed by atoms with Crippen molar-refractivity contribution in [3.63, 3.8) is 0 Å². The van der Waals surface area contributed by atoms with Crippen LogP contribution in [-0.2, 0) is 10.0 Å². The number of aromatic nitrogens is 1. The third-order valence-corrected chi connectivity index (χ3v) is 4.01. The van der Waals surface area contributed by atoms with Gasteiger partial charge in [-0.25, -0.2) is 8.42 Å². The molecule has 0 saturated heterocycles. The summed E-state index contributed by atoms with van der Waals surface area (Å²) in [5.41, 5.74) is 8.15. The van der Waals surface area contributed by atoms with Gasteiger partial charge in [0.1, 0.15) is 0 Å². The van der Waals surface area contributed by atoms with Gasteiger partial charge < -0.3 is 5.73 Å². The zero-order valence-electron chi connectivity index (χ0n) is 10.7. The highest BCUT2D eigenvalue weighted by Crippen LogP contribution is 2.21. The molecule has 0 aliphatic carbocycles. The highest BCUT2D eigenvalue weighted by Gasteiger charge is 2.16. The number of aryl methyl sites for hydroxylation is 2. The quantitative estimate of drug-likeness (QED) is 0.841. The molecule has 0 fully saturated rings. The van der Waals surface area contributed by atoms with Crippen molar-refractivity contribution in [1.29, 1.82) is 0 Å². The van der Waals surface area contributed by atoms with E-state index in [-0.39, 0.29) is 4.90 Å². The summed E-state index contributed by atoms with van der Waals surface area (Å²) in [6, 6.07) is 6.46. The predicted molar refractivity (Wildman–Crippen MR) is 75.4 cm³/mol. The van der Waals surface area contributed by atoms with E-state index in [0.29, 0.717) is 11.4 Å². The largest absolute Gasteiger partial charge is 0.399 e. The van der Waals surface area contributed by atoms with Crippen molar-refractivity contribution in [1.82, 2.24) is 4.98 Å². The summed E-state index contributed by atoms with van der Waals surface area (Å²) < 4.78 is 27.0. The summed E-state index contributed by atoms with van der Waals surface area (Å²) in [6.45, 7) is 3.61. The summed E-state index contributed by atoms with van der Waals surface area (Å²) in [6.07, 6.45) is 3.09. The minimum absolute atomic E-state index is 0.147. The average molecular weight is 277 g/mol. The maximum absolute atomic E-state index is 12.3. The minimum atomic E-state index is -3.65. The van der Waals surface area contributed by atoms with Crippen LogP contribution >= 0.6 is 0 Å². The first-order chi connectivity index (χ1) is 8.88. The molecular formula is C13H15N3O2S. The fourth-order valence-electron chi connectivity index (χ4n) is 1.71. The Morgan fingerprint density at radius 3 is 2.58 bits per heavy atom. The molecule has 100 valence electrons. The summed E-state index contributed by atoms with van der Waals surface area (Å²) in [4.78, 5) is 4.05. The second-order valence-corrected chi connectivity index (χ2v) is 6.06. The molecule has 0 aliphatic rings. The Labute approximate surface area is 112 Å². The number of nitrogens with zero attached hydrogens (tertiary/aromatic N) is 1. The molecule has 0 bridgehead atoms. The summed E-state index contributed by atoms with van der Waals surface area (Å²) in [5, 5.41) is 0. The highest BCUT2D eigenvalue weighted by atomic mass is 32.2. The number of benzene rings is 1. The van der Waals surface area contributed by atoms with Crippen LogP contribution < -0.4 is 10.5 Å². The number of sulfonamides is 1. The Balaban J connectivity index is 2.41. The van der Waals surface area contributed by atoms with Gasteiger partial charge in [-0.3, -0.25) is 9.71 Å². The van der Waals surface area contributed by atoms with Gasteiger partial charge in [-0.15, -0.1) is 0 Å². The fourth-order valence-corrected chi connectivity index (χ4v) is 2.96. The topological polar surface area (TPSA) is 85.1 Å². The first-order valence-electron chi connectivity index (χ1n) is 5.69. The van der Waals surface area contributed by atoms with Gasteiger partial charge in [0, 0.05) is 11.9 Å². The van der Waals surface area contributed by atoms with E-state index in [1.54, 1.807) is 31.3 Å². The zero-order valence-corrected chi connectivity index (χ0v) is 11.5. The molecule has 0 aliphatic heterocycles. The average Bonchev–Trinajstić information content (AvgIpc) is 2.31. The van der Waals surface area contributed by atoms with Crippen molar-refractivity contribution >= 4 is 21.4 Å². The summed E-state index contributed by atoms with van der Waals surface area (Å²) in [5.74, 6) is 0. The van der Waals surface area contributed by atoms with Gasteiger partial charge in [-0.05, 0) is 49.2 Å². The van der Waals surface area contributed by atoms with E-state index in [4.69, 9.17) is 5.73 Å². The van der Waals surface area contributed by atoms with E-state index in [2.05, 4.69) is 9.71 Å². The number of hydrogen-bond acceptors (Lipinski definition) is 4. The van der Waals surface area contributed by atoms with Crippen molar-refractivity contribution in [2.75, 3.05) is 10.5 Å². The third kappa shape index (κ3) is 3.03. The summed E-state index contributed by atoms with van der Waals surface area (Å²) in [7, 11) is -3.65. The molecule has 1 aromatic carbocycles. The molecule has 0 atom stereocenters. The van der Waals surface area contributed by atoms with Gasteiger partial charge in [-0.1, -0.05) is 0 Å². The van der Waals surface area contributed by atoms with E-state index in [1.165, 1.54) is 12.3 Å². The highest BCUT2D eigenvalue weighted by molar-refractivity contribution is 7.92. The third-order valence-electron chi connectivity index (χ3n) is 2.67. The van der Waals surface area contributed by atoms with Crippen LogP contribution in [0.3, 0.4) is 0 Å². The second-order valence-electron chi connectivity index (χ2n) is 4.38. The van der Waals surface area contributed by atoms with E-state index in [0.717, 1.165) is 11.1 Å². The van der Waals surface area contributed by atoms with Crippen molar-refractivity contribution in [2.24, 2.45) is 0 Å². The number of nitrogens with two attached hydrogens (primary N) is 1. The molecule has 0 spiro atoms. The van der Waals surface area contributed by atoms with Crippen molar-refractivity contribution < 1.29 is 8.42 Å². The molecule has 0 radical (unpaired) electrons. The number of nitrogen functional groups attached to an aromatic ring is 1. The van der Waals surface area contributed by atoms with Crippen LogP contribution in [0.2, 0.25) is 0 Å². The van der Waals surface area contributed by atoms with Gasteiger partial charge in [0.15, 0.2) is 0 Å². The van der Waals surface area contributed by atoms with Crippen LogP contribution in [0.5, 0.6) is 0 Å². The molecule has 2 rings (SSSR count). The van der Waals surface area contributed by atoms with Gasteiger partial charge in [0.25, 0.3) is 10.0 Å². The van der Waals surface area contributed by atoms with E-state index in [9.17, 15) is 8.42 Å². The SMILES string of the molecule is Cc1cc(N)cc(S(=O)(=O)Nc2cnccc2C)c1. The molecule has 0 saturated carbocycles. The lowest BCUT2D eigenvalue weighted by molar-refractivity contribution is 0.601. The van der Waals surface area contributed by atoms with Crippen LogP contribution in [0.25, 0.3) is 0 Å². The van der Waals surface area contributed by atoms with Crippen molar-refractivity contribution in [2.45, 2.75) is 18.7 Å². The Morgan fingerprint density at radius 2 is 1.95 bits per heavy atom. The van der Waals surface area contributed by atoms with Crippen LogP contribution in [0.4, 0.5) is 11.4 Å². The molecule has 19 heavy (non-hydrogen) atoms. The second kappa shape index (κ2) is 4.89. The summed E-state index contributed by atoms with van der Waals surface area (Å²) >= 11 is 0. The Morgan fingerprint density at radius 1 is 1.21 bits per heavy atom. The predicted octanol–water partition coefficient (Wildman–Crippen LogP) is 2.08. The molecule has 1 heterocycles. The maximum Gasteiger partial charge on any atom is 0.262 e. The molecule has 5 nitrogen and oxygen atoms in total. The Bertz CT molecular complexity index is 691. The number of hydrogen-bond donors (Lipinski definition) is 2. The molecule has 0 amide bonds. The Hall–Kier alpha value is -2.08. The van der Waals surface area contributed by atoms with Gasteiger partial charge >= 0.3 is 0 Å². The lowest BCUT2D eigenvalue weighted by atomic mass is 10.2. The van der Waals surface area contributed by atoms with Gasteiger partial charge in [0.2, 0.25) is 0 Å². The van der Waals surface area contributed by atoms with Crippen LogP contribution in [0.15, 0.2) is 41.6 Å². The molecule has 3 N–H and O–H groups in total. The smallest absolute Gasteiger partial charge is 0.262 e. The Kier molecular flexibility index (Phi) is 3.44. The monoisotopic (exact) mass is 277 g/mol. The van der Waals surface area contributed by atoms with Crippen LogP contribution in [-0.4, -0.2) is 13.4 Å². The molecule has 0 unspecified atom stereocenters. The van der Waals surface area contributed by atoms with Crippen LogP contribution in [0.1, 0.15) is 11.1 Å². The zero-order chi connectivity index (χ0) is 14.0. The van der Waals surface area contributed by atoms with Crippen molar-refractivity contribution in [3.05, 3.63) is 47.8 Å². The molecule has 1 aromatic heterocycles. The van der Waals surface area contributed by atoms with E-state index >= 15 is 0 Å². The number of rotatable bonds is 3. The molecule has 6 heteroatoms. The number of pyridine rings is 1. The van der Waals surface area contributed by atoms with Gasteiger partial charge in [0.05, 0.1) is 16.8 Å². The minimum Gasteiger partial charge on any atom is -0.399 e. The molecular weight excluding hydrogens is 262 g/mol. The fraction of sp³-hybridized carbons (Fsp3) is 0.154. The lowest BCUT2D eigenvalue weighted by Gasteiger charge is -2.11. The van der Waals surface area contributed by atoms with Gasteiger partial charge in [-0.2, -0.15) is 0 Å². The number of nitrogens with one attached hydrogen (secondary N) is 1. The number of anilines is 2. The van der Waals surface area contributed by atoms with Crippen molar-refractivity contribution in [3.8, 4) is 0 Å². The van der Waals surface area contributed by atoms with E-state index < -0.39 is 10.0 Å². The van der Waals surface area contributed by atoms with E-state index in [1.807, 2.05) is 6.92 Å².